The standard InChI is InChI=1S/C21H18N2O4/c1-27-19-11-9-15(10-12-19)20(24)22-18-4-2-3-17(13-18)14-5-7-16(8-6-14)21(25)23-26/h2-13,26H,1H3,(H,22,24)(H,23,25). The minimum Gasteiger partial charge on any atom is -0.497 e. The van der Waals surface area contributed by atoms with Crippen molar-refractivity contribution in [3.63, 3.8) is 0 Å². The van der Waals surface area contributed by atoms with Gasteiger partial charge in [0.15, 0.2) is 0 Å². The molecule has 0 atom stereocenters. The van der Waals surface area contributed by atoms with Crippen molar-refractivity contribution in [2.75, 3.05) is 12.4 Å². The van der Waals surface area contributed by atoms with Gasteiger partial charge in [0, 0.05) is 16.8 Å². The van der Waals surface area contributed by atoms with Crippen molar-refractivity contribution in [3.8, 4) is 16.9 Å². The Morgan fingerprint density at radius 1 is 0.815 bits per heavy atom. The average Bonchev–Trinajstić information content (AvgIpc) is 2.73. The van der Waals surface area contributed by atoms with E-state index in [1.165, 1.54) is 0 Å². The molecule has 0 saturated carbocycles. The van der Waals surface area contributed by atoms with E-state index in [1.807, 2.05) is 18.2 Å². The van der Waals surface area contributed by atoms with E-state index >= 15 is 0 Å². The van der Waals surface area contributed by atoms with Crippen molar-refractivity contribution in [1.82, 2.24) is 5.48 Å². The predicted molar refractivity (Wildman–Crippen MR) is 102 cm³/mol. The lowest BCUT2D eigenvalue weighted by Gasteiger charge is -2.09. The number of hydrogen-bond acceptors (Lipinski definition) is 4. The minimum atomic E-state index is -0.568. The maximum Gasteiger partial charge on any atom is 0.274 e. The van der Waals surface area contributed by atoms with Crippen LogP contribution in [-0.4, -0.2) is 24.1 Å². The Morgan fingerprint density at radius 3 is 2.07 bits per heavy atom. The molecule has 27 heavy (non-hydrogen) atoms. The summed E-state index contributed by atoms with van der Waals surface area (Å²) < 4.78 is 5.09. The Morgan fingerprint density at radius 2 is 1.44 bits per heavy atom. The van der Waals surface area contributed by atoms with Crippen molar-refractivity contribution >= 4 is 17.5 Å². The summed E-state index contributed by atoms with van der Waals surface area (Å²) in [6.07, 6.45) is 0. The molecule has 2 amide bonds. The van der Waals surface area contributed by atoms with Gasteiger partial charge in [-0.2, -0.15) is 0 Å². The zero-order valence-electron chi connectivity index (χ0n) is 14.6. The number of carbonyl (C=O) groups is 2. The monoisotopic (exact) mass is 362 g/mol. The summed E-state index contributed by atoms with van der Waals surface area (Å²) in [5.74, 6) is -0.0984. The van der Waals surface area contributed by atoms with Gasteiger partial charge in [0.05, 0.1) is 7.11 Å². The van der Waals surface area contributed by atoms with Crippen LogP contribution in [0, 0.1) is 0 Å². The highest BCUT2D eigenvalue weighted by Gasteiger charge is 2.08. The molecule has 0 saturated heterocycles. The first-order valence-electron chi connectivity index (χ1n) is 8.21. The molecule has 136 valence electrons. The van der Waals surface area contributed by atoms with Crippen LogP contribution in [0.25, 0.3) is 11.1 Å². The molecule has 3 aromatic carbocycles. The van der Waals surface area contributed by atoms with Gasteiger partial charge in [-0.05, 0) is 59.7 Å². The lowest BCUT2D eigenvalue weighted by molar-refractivity contribution is 0.0706. The number of amides is 2. The fourth-order valence-corrected chi connectivity index (χ4v) is 2.60. The molecule has 0 bridgehead atoms. The van der Waals surface area contributed by atoms with E-state index in [-0.39, 0.29) is 5.91 Å². The van der Waals surface area contributed by atoms with E-state index < -0.39 is 5.91 Å². The molecule has 0 aliphatic rings. The highest BCUT2D eigenvalue weighted by molar-refractivity contribution is 6.04. The van der Waals surface area contributed by atoms with E-state index in [0.29, 0.717) is 22.6 Å². The number of methoxy groups -OCH3 is 1. The summed E-state index contributed by atoms with van der Waals surface area (Å²) in [5.41, 5.74) is 4.91. The van der Waals surface area contributed by atoms with Crippen molar-refractivity contribution in [3.05, 3.63) is 83.9 Å². The quantitative estimate of drug-likeness (QED) is 0.477. The zero-order chi connectivity index (χ0) is 19.2. The van der Waals surface area contributed by atoms with E-state index in [1.54, 1.807) is 67.2 Å². The fraction of sp³-hybridized carbons (Fsp3) is 0.0476. The second-order valence-corrected chi connectivity index (χ2v) is 5.78. The Bertz CT molecular complexity index is 951. The number of anilines is 1. The number of benzene rings is 3. The molecule has 0 aromatic heterocycles. The lowest BCUT2D eigenvalue weighted by atomic mass is 10.0. The molecular weight excluding hydrogens is 344 g/mol. The average molecular weight is 362 g/mol. The van der Waals surface area contributed by atoms with E-state index in [4.69, 9.17) is 9.94 Å². The second-order valence-electron chi connectivity index (χ2n) is 5.78. The first kappa shape index (κ1) is 18.2. The van der Waals surface area contributed by atoms with Crippen molar-refractivity contribution in [1.29, 1.82) is 0 Å². The van der Waals surface area contributed by atoms with Crippen LogP contribution in [0.15, 0.2) is 72.8 Å². The molecule has 0 aliphatic heterocycles. The molecule has 6 heteroatoms. The highest BCUT2D eigenvalue weighted by Crippen LogP contribution is 2.23. The first-order chi connectivity index (χ1) is 13.1. The van der Waals surface area contributed by atoms with Gasteiger partial charge in [0.25, 0.3) is 11.8 Å². The van der Waals surface area contributed by atoms with Crippen molar-refractivity contribution in [2.24, 2.45) is 0 Å². The fourth-order valence-electron chi connectivity index (χ4n) is 2.60. The number of hydrogen-bond donors (Lipinski definition) is 3. The summed E-state index contributed by atoms with van der Waals surface area (Å²) in [4.78, 5) is 23.8. The zero-order valence-corrected chi connectivity index (χ0v) is 14.6. The first-order valence-corrected chi connectivity index (χ1v) is 8.21. The second kappa shape index (κ2) is 8.16. The normalized spacial score (nSPS) is 10.1. The van der Waals surface area contributed by atoms with Gasteiger partial charge >= 0.3 is 0 Å². The van der Waals surface area contributed by atoms with Gasteiger partial charge < -0.3 is 10.1 Å². The number of hydroxylamine groups is 1. The van der Waals surface area contributed by atoms with Gasteiger partial charge in [-0.3, -0.25) is 14.8 Å². The lowest BCUT2D eigenvalue weighted by Crippen LogP contribution is -2.18. The maximum atomic E-state index is 12.4. The summed E-state index contributed by atoms with van der Waals surface area (Å²) in [7, 11) is 1.57. The Hall–Kier alpha value is -3.64. The Labute approximate surface area is 156 Å². The van der Waals surface area contributed by atoms with Crippen LogP contribution in [0.4, 0.5) is 5.69 Å². The van der Waals surface area contributed by atoms with Crippen LogP contribution in [0.5, 0.6) is 5.75 Å². The smallest absolute Gasteiger partial charge is 0.274 e. The molecule has 0 radical (unpaired) electrons. The van der Waals surface area contributed by atoms with E-state index in [0.717, 1.165) is 11.1 Å². The summed E-state index contributed by atoms with van der Waals surface area (Å²) in [5, 5.41) is 11.5. The Balaban J connectivity index is 1.76. The van der Waals surface area contributed by atoms with Crippen molar-refractivity contribution < 1.29 is 19.5 Å². The number of nitrogens with one attached hydrogen (secondary N) is 2. The third-order valence-corrected chi connectivity index (χ3v) is 4.05. The van der Waals surface area contributed by atoms with Crippen LogP contribution in [0.2, 0.25) is 0 Å². The topological polar surface area (TPSA) is 87.7 Å². The van der Waals surface area contributed by atoms with Gasteiger partial charge in [0.1, 0.15) is 5.75 Å². The molecule has 3 aromatic rings. The summed E-state index contributed by atoms with van der Waals surface area (Å²) in [6.45, 7) is 0. The SMILES string of the molecule is COc1ccc(C(=O)Nc2cccc(-c3ccc(C(=O)NO)cc3)c2)cc1. The molecule has 6 nitrogen and oxygen atoms in total. The van der Waals surface area contributed by atoms with Crippen LogP contribution in [0.3, 0.4) is 0 Å². The third kappa shape index (κ3) is 4.31. The van der Waals surface area contributed by atoms with Crippen LogP contribution < -0.4 is 15.5 Å². The molecule has 0 aliphatic carbocycles. The van der Waals surface area contributed by atoms with Gasteiger partial charge in [-0.1, -0.05) is 24.3 Å². The molecule has 3 rings (SSSR count). The number of rotatable bonds is 5. The Kier molecular flexibility index (Phi) is 5.49. The molecule has 0 unspecified atom stereocenters. The van der Waals surface area contributed by atoms with Crippen LogP contribution >= 0.6 is 0 Å². The minimum absolute atomic E-state index is 0.218. The maximum absolute atomic E-state index is 12.4. The molecule has 0 spiro atoms. The molecular formula is C21H18N2O4. The molecule has 0 fully saturated rings. The third-order valence-electron chi connectivity index (χ3n) is 4.05. The van der Waals surface area contributed by atoms with Crippen LogP contribution in [-0.2, 0) is 0 Å². The van der Waals surface area contributed by atoms with E-state index in [9.17, 15) is 9.59 Å². The largest absolute Gasteiger partial charge is 0.497 e. The van der Waals surface area contributed by atoms with Gasteiger partial charge in [-0.15, -0.1) is 0 Å². The predicted octanol–water partition coefficient (Wildman–Crippen LogP) is 3.73. The van der Waals surface area contributed by atoms with Crippen LogP contribution in [0.1, 0.15) is 20.7 Å². The highest BCUT2D eigenvalue weighted by atomic mass is 16.5. The summed E-state index contributed by atoms with van der Waals surface area (Å²) >= 11 is 0. The van der Waals surface area contributed by atoms with Crippen molar-refractivity contribution in [2.45, 2.75) is 0 Å². The number of carbonyl (C=O) groups excluding carboxylic acids is 2. The van der Waals surface area contributed by atoms with Gasteiger partial charge in [-0.25, -0.2) is 5.48 Å². The molecule has 3 N–H and O–H groups in total. The van der Waals surface area contributed by atoms with Gasteiger partial charge in [0.2, 0.25) is 0 Å². The summed E-state index contributed by atoms with van der Waals surface area (Å²) in [6, 6.07) is 21.0. The number of ether oxygens (including phenoxy) is 1. The molecule has 0 heterocycles. The van der Waals surface area contributed by atoms with E-state index in [2.05, 4.69) is 5.32 Å².